The van der Waals surface area contributed by atoms with E-state index in [1.54, 1.807) is 0 Å². The number of aliphatic hydroxyl groups excluding tert-OH is 1. The Hall–Kier alpha value is -1.66. The smallest absolute Gasteiger partial charge is 0.127 e. The number of epoxide rings is 1. The molecule has 5 aliphatic rings. The van der Waals surface area contributed by atoms with Crippen LogP contribution < -0.4 is 0 Å². The van der Waals surface area contributed by atoms with Crippen LogP contribution in [0.15, 0.2) is 35.9 Å². The third-order valence-corrected chi connectivity index (χ3v) is 11.6. The summed E-state index contributed by atoms with van der Waals surface area (Å²) in [6.07, 6.45) is 6.44. The number of nitrogens with one attached hydrogen (secondary N) is 1. The summed E-state index contributed by atoms with van der Waals surface area (Å²) in [6.45, 7) is 13.8. The highest BCUT2D eigenvalue weighted by atomic mass is 16.7. The molecule has 7 rings (SSSR count). The van der Waals surface area contributed by atoms with Crippen molar-refractivity contribution in [3.63, 3.8) is 0 Å². The zero-order valence-corrected chi connectivity index (χ0v) is 23.3. The van der Waals surface area contributed by atoms with Crippen molar-refractivity contribution < 1.29 is 19.3 Å². The highest BCUT2D eigenvalue weighted by Crippen LogP contribution is 2.73. The maximum atomic E-state index is 11.6. The number of ether oxygens (including phenoxy) is 3. The van der Waals surface area contributed by atoms with E-state index in [-0.39, 0.29) is 28.6 Å². The maximum Gasteiger partial charge on any atom is 0.127 e. The molecule has 200 valence electrons. The average Bonchev–Trinajstić information content (AvgIpc) is 3.38. The molecule has 2 saturated heterocycles. The van der Waals surface area contributed by atoms with Crippen LogP contribution in [0.1, 0.15) is 78.5 Å². The van der Waals surface area contributed by atoms with Crippen LogP contribution in [0.3, 0.4) is 0 Å². The van der Waals surface area contributed by atoms with Crippen molar-refractivity contribution in [2.24, 2.45) is 17.3 Å². The number of para-hydroxylation sites is 1. The van der Waals surface area contributed by atoms with Gasteiger partial charge in [0, 0.05) is 22.0 Å². The molecule has 1 spiro atoms. The first-order valence-electron chi connectivity index (χ1n) is 14.4. The average molecular weight is 506 g/mol. The molecule has 0 unspecified atom stereocenters. The van der Waals surface area contributed by atoms with Crippen LogP contribution >= 0.6 is 0 Å². The number of H-pyrrole nitrogens is 1. The van der Waals surface area contributed by atoms with Gasteiger partial charge in [0.05, 0.1) is 18.3 Å². The molecule has 2 aliphatic heterocycles. The van der Waals surface area contributed by atoms with E-state index in [9.17, 15) is 5.11 Å². The maximum absolute atomic E-state index is 11.6. The van der Waals surface area contributed by atoms with Crippen molar-refractivity contribution in [3.05, 3.63) is 47.2 Å². The first kappa shape index (κ1) is 24.4. The van der Waals surface area contributed by atoms with Crippen molar-refractivity contribution in [2.75, 3.05) is 6.61 Å². The molecule has 0 bridgehead atoms. The molecule has 2 saturated carbocycles. The summed E-state index contributed by atoms with van der Waals surface area (Å²) >= 11 is 0. The number of hydrogen-bond donors (Lipinski definition) is 2. The number of benzene rings is 1. The fraction of sp³-hybridized carbons (Fsp3) is 0.688. The third kappa shape index (κ3) is 3.00. The number of allylic oxidation sites excluding steroid dienone is 1. The van der Waals surface area contributed by atoms with E-state index in [4.69, 9.17) is 14.2 Å². The van der Waals surface area contributed by atoms with E-state index in [1.807, 2.05) is 13.8 Å². The normalized spacial score (nSPS) is 43.9. The van der Waals surface area contributed by atoms with Gasteiger partial charge in [-0.05, 0) is 88.7 Å². The molecule has 37 heavy (non-hydrogen) atoms. The summed E-state index contributed by atoms with van der Waals surface area (Å²) in [7, 11) is 0. The van der Waals surface area contributed by atoms with Gasteiger partial charge in [0.1, 0.15) is 23.9 Å². The van der Waals surface area contributed by atoms with Crippen LogP contribution in [0.2, 0.25) is 0 Å². The highest BCUT2D eigenvalue weighted by Gasteiger charge is 2.80. The molecule has 2 N–H and O–H groups in total. The lowest BCUT2D eigenvalue weighted by Crippen LogP contribution is -2.68. The number of aliphatic hydroxyl groups is 1. The van der Waals surface area contributed by atoms with Crippen LogP contribution in [0.5, 0.6) is 0 Å². The van der Waals surface area contributed by atoms with Gasteiger partial charge in [-0.25, -0.2) is 0 Å². The first-order valence-corrected chi connectivity index (χ1v) is 14.4. The van der Waals surface area contributed by atoms with Crippen molar-refractivity contribution >= 4 is 10.9 Å². The van der Waals surface area contributed by atoms with Gasteiger partial charge < -0.3 is 24.3 Å². The minimum Gasteiger partial charge on any atom is -0.387 e. The second-order valence-corrected chi connectivity index (χ2v) is 13.8. The van der Waals surface area contributed by atoms with Gasteiger partial charge in [-0.3, -0.25) is 0 Å². The Morgan fingerprint density at radius 3 is 2.76 bits per heavy atom. The van der Waals surface area contributed by atoms with Crippen LogP contribution in [0, 0.1) is 17.3 Å². The SMILES string of the molecule is CC(C)=CCOC(C)(C)[C@H]1O[C@H]2CC[C@@]3(C)[C@@H](CC[C@H]4Cc5c([nH]c6ccccc56)[C@@]43C)[C@]23O[C@@H]3[C@@H]1O. The summed E-state index contributed by atoms with van der Waals surface area (Å²) in [5, 5.41) is 13.0. The molecule has 5 nitrogen and oxygen atoms in total. The van der Waals surface area contributed by atoms with Crippen molar-refractivity contribution in [2.45, 2.75) is 115 Å². The topological polar surface area (TPSA) is 67.0 Å². The zero-order chi connectivity index (χ0) is 26.0. The molecule has 4 fully saturated rings. The Labute approximate surface area is 220 Å². The Kier molecular flexibility index (Phi) is 5.08. The lowest BCUT2D eigenvalue weighted by atomic mass is 9.43. The monoisotopic (exact) mass is 505 g/mol. The summed E-state index contributed by atoms with van der Waals surface area (Å²) in [5.74, 6) is 1.02. The second-order valence-electron chi connectivity index (χ2n) is 13.8. The van der Waals surface area contributed by atoms with E-state index in [0.717, 1.165) is 25.7 Å². The molecule has 2 aromatic rings. The van der Waals surface area contributed by atoms with Gasteiger partial charge in [-0.1, -0.05) is 43.7 Å². The quantitative estimate of drug-likeness (QED) is 0.405. The van der Waals surface area contributed by atoms with Crippen LogP contribution in [-0.4, -0.2) is 52.3 Å². The Morgan fingerprint density at radius 1 is 1.19 bits per heavy atom. The zero-order valence-electron chi connectivity index (χ0n) is 23.3. The molecule has 5 heteroatoms. The molecule has 0 amide bonds. The molecule has 1 aromatic carbocycles. The standard InChI is InChI=1S/C32H43NO4/c1-18(2)14-16-35-29(3,4)27-25(34)28-32(37-28)23-12-11-19-17-21-20-9-7-8-10-22(20)33-26(21)31(19,6)30(23,5)15-13-24(32)36-27/h7-10,14,19,23-25,27-28,33-34H,11-13,15-17H2,1-6H3/t19-,23+,24-,25+,27-,28+,30-,31+,32-/m0/s1. The van der Waals surface area contributed by atoms with Crippen molar-refractivity contribution in [1.29, 1.82) is 0 Å². The minimum absolute atomic E-state index is 0.0130. The number of aromatic amines is 1. The Morgan fingerprint density at radius 2 is 1.97 bits per heavy atom. The molecule has 9 atom stereocenters. The minimum atomic E-state index is -0.682. The number of rotatable bonds is 4. The predicted octanol–water partition coefficient (Wildman–Crippen LogP) is 5.84. The molecular formula is C32H43NO4. The predicted molar refractivity (Wildman–Crippen MR) is 145 cm³/mol. The summed E-state index contributed by atoms with van der Waals surface area (Å²) in [5.41, 5.74) is 4.66. The van der Waals surface area contributed by atoms with Gasteiger partial charge in [0.15, 0.2) is 0 Å². The van der Waals surface area contributed by atoms with Crippen molar-refractivity contribution in [1.82, 2.24) is 4.98 Å². The fourth-order valence-corrected chi connectivity index (χ4v) is 9.47. The molecule has 0 radical (unpaired) electrons. The molecule has 1 aromatic heterocycles. The number of fused-ring (bicyclic) bond motifs is 7. The van der Waals surface area contributed by atoms with Gasteiger partial charge in [-0.2, -0.15) is 0 Å². The van der Waals surface area contributed by atoms with Gasteiger partial charge >= 0.3 is 0 Å². The van der Waals surface area contributed by atoms with E-state index in [0.29, 0.717) is 18.4 Å². The highest BCUT2D eigenvalue weighted by molar-refractivity contribution is 5.86. The van der Waals surface area contributed by atoms with Gasteiger partial charge in [-0.15, -0.1) is 0 Å². The van der Waals surface area contributed by atoms with Gasteiger partial charge in [0.25, 0.3) is 0 Å². The van der Waals surface area contributed by atoms with Crippen molar-refractivity contribution in [3.8, 4) is 0 Å². The molecule has 3 aliphatic carbocycles. The van der Waals surface area contributed by atoms with Crippen LogP contribution in [0.25, 0.3) is 10.9 Å². The molecular weight excluding hydrogens is 462 g/mol. The largest absolute Gasteiger partial charge is 0.387 e. The van der Waals surface area contributed by atoms with E-state index >= 15 is 0 Å². The van der Waals surface area contributed by atoms with Crippen LogP contribution in [-0.2, 0) is 26.0 Å². The Bertz CT molecular complexity index is 1270. The van der Waals surface area contributed by atoms with Crippen LogP contribution in [0.4, 0.5) is 0 Å². The molecule has 3 heterocycles. The fourth-order valence-electron chi connectivity index (χ4n) is 9.47. The third-order valence-electron chi connectivity index (χ3n) is 11.6. The lowest BCUT2D eigenvalue weighted by molar-refractivity contribution is -0.232. The number of aromatic nitrogens is 1. The van der Waals surface area contributed by atoms with E-state index in [2.05, 4.69) is 63.0 Å². The van der Waals surface area contributed by atoms with E-state index < -0.39 is 17.8 Å². The summed E-state index contributed by atoms with van der Waals surface area (Å²) in [6, 6.07) is 8.80. The lowest BCUT2D eigenvalue weighted by Gasteiger charge is -2.62. The van der Waals surface area contributed by atoms with Gasteiger partial charge in [0.2, 0.25) is 0 Å². The summed E-state index contributed by atoms with van der Waals surface area (Å²) < 4.78 is 19.7. The Balaban J connectivity index is 1.21. The summed E-state index contributed by atoms with van der Waals surface area (Å²) in [4.78, 5) is 3.89. The van der Waals surface area contributed by atoms with E-state index in [1.165, 1.54) is 34.2 Å². The second kappa shape index (κ2) is 7.71. The number of hydrogen-bond acceptors (Lipinski definition) is 4. The first-order chi connectivity index (χ1) is 17.5.